The van der Waals surface area contributed by atoms with Gasteiger partial charge in [0.2, 0.25) is 0 Å². The summed E-state index contributed by atoms with van der Waals surface area (Å²) in [5.41, 5.74) is -0.135. The van der Waals surface area contributed by atoms with Crippen molar-refractivity contribution in [2.45, 2.75) is 26.7 Å². The van der Waals surface area contributed by atoms with Crippen molar-refractivity contribution < 1.29 is 9.53 Å². The lowest BCUT2D eigenvalue weighted by Gasteiger charge is -2.04. The monoisotopic (exact) mass is 181 g/mol. The van der Waals surface area contributed by atoms with Crippen molar-refractivity contribution in [3.63, 3.8) is 0 Å². The first-order chi connectivity index (χ1) is 6.07. The maximum Gasteiger partial charge on any atom is 0.348 e. The summed E-state index contributed by atoms with van der Waals surface area (Å²) in [7, 11) is 0. The van der Waals surface area contributed by atoms with Gasteiger partial charge in [0.15, 0.2) is 0 Å². The predicted molar refractivity (Wildman–Crippen MR) is 49.8 cm³/mol. The van der Waals surface area contributed by atoms with Gasteiger partial charge in [0.25, 0.3) is 0 Å². The molecule has 0 aromatic rings. The molecule has 0 amide bonds. The summed E-state index contributed by atoms with van der Waals surface area (Å²) in [6.07, 6.45) is 1.86. The molecule has 0 unspecified atom stereocenters. The molecule has 0 spiro atoms. The number of carbonyl (C=O) groups excluding carboxylic acids is 1. The second-order valence-corrected chi connectivity index (χ2v) is 3.26. The molecular formula is C10H15NO2. The first kappa shape index (κ1) is 11.7. The van der Waals surface area contributed by atoms with Crippen molar-refractivity contribution in [1.29, 1.82) is 5.26 Å². The summed E-state index contributed by atoms with van der Waals surface area (Å²) in [5.74, 6) is 0.00382. The van der Waals surface area contributed by atoms with E-state index in [2.05, 4.69) is 20.4 Å². The molecule has 0 aromatic carbocycles. The maximum atomic E-state index is 10.9. The van der Waals surface area contributed by atoms with Gasteiger partial charge in [-0.1, -0.05) is 20.4 Å². The molecule has 0 aliphatic rings. The Balaban J connectivity index is 3.50. The summed E-state index contributed by atoms with van der Waals surface area (Å²) >= 11 is 0. The van der Waals surface area contributed by atoms with E-state index in [1.165, 1.54) is 0 Å². The van der Waals surface area contributed by atoms with E-state index in [0.29, 0.717) is 12.5 Å². The van der Waals surface area contributed by atoms with Crippen molar-refractivity contribution in [2.75, 3.05) is 6.61 Å². The molecule has 0 heterocycles. The van der Waals surface area contributed by atoms with E-state index in [9.17, 15) is 4.79 Å². The SMILES string of the molecule is C=C(C#N)C(=O)OCCCC(C)C. The Labute approximate surface area is 79.0 Å². The lowest BCUT2D eigenvalue weighted by Crippen LogP contribution is -2.07. The number of ether oxygens (including phenoxy) is 1. The largest absolute Gasteiger partial charge is 0.462 e. The van der Waals surface area contributed by atoms with Crippen LogP contribution < -0.4 is 0 Å². The summed E-state index contributed by atoms with van der Waals surface area (Å²) in [6.45, 7) is 7.84. The highest BCUT2D eigenvalue weighted by atomic mass is 16.5. The summed E-state index contributed by atoms with van der Waals surface area (Å²) in [5, 5.41) is 8.30. The van der Waals surface area contributed by atoms with E-state index < -0.39 is 5.97 Å². The molecule has 0 aliphatic heterocycles. The van der Waals surface area contributed by atoms with Gasteiger partial charge in [-0.3, -0.25) is 0 Å². The number of nitriles is 1. The molecule has 13 heavy (non-hydrogen) atoms. The molecule has 0 aliphatic carbocycles. The van der Waals surface area contributed by atoms with Gasteiger partial charge in [-0.2, -0.15) is 5.26 Å². The highest BCUT2D eigenvalue weighted by Crippen LogP contribution is 2.03. The van der Waals surface area contributed by atoms with Gasteiger partial charge < -0.3 is 4.74 Å². The highest BCUT2D eigenvalue weighted by molar-refractivity contribution is 5.91. The number of rotatable bonds is 5. The number of carbonyl (C=O) groups is 1. The summed E-state index contributed by atoms with van der Waals surface area (Å²) in [6, 6.07) is 1.65. The quantitative estimate of drug-likeness (QED) is 0.282. The van der Waals surface area contributed by atoms with Crippen LogP contribution in [0, 0.1) is 17.2 Å². The Morgan fingerprint density at radius 2 is 2.23 bits per heavy atom. The van der Waals surface area contributed by atoms with Crippen LogP contribution in [0.2, 0.25) is 0 Å². The fraction of sp³-hybridized carbons (Fsp3) is 0.600. The molecule has 0 fully saturated rings. The molecular weight excluding hydrogens is 166 g/mol. The first-order valence-electron chi connectivity index (χ1n) is 4.34. The smallest absolute Gasteiger partial charge is 0.348 e. The van der Waals surface area contributed by atoms with Gasteiger partial charge in [0.05, 0.1) is 6.61 Å². The van der Waals surface area contributed by atoms with Crippen molar-refractivity contribution >= 4 is 5.97 Å². The molecule has 0 bridgehead atoms. The van der Waals surface area contributed by atoms with Crippen molar-refractivity contribution in [3.8, 4) is 6.07 Å². The van der Waals surface area contributed by atoms with Crippen LogP contribution in [0.4, 0.5) is 0 Å². The fourth-order valence-corrected chi connectivity index (χ4v) is 0.789. The van der Waals surface area contributed by atoms with Crippen molar-refractivity contribution in [3.05, 3.63) is 12.2 Å². The zero-order valence-electron chi connectivity index (χ0n) is 8.17. The maximum absolute atomic E-state index is 10.9. The lowest BCUT2D eigenvalue weighted by atomic mass is 10.1. The minimum absolute atomic E-state index is 0.135. The van der Waals surface area contributed by atoms with E-state index in [1.807, 2.05) is 0 Å². The van der Waals surface area contributed by atoms with Crippen LogP contribution in [0.1, 0.15) is 26.7 Å². The van der Waals surface area contributed by atoms with E-state index >= 15 is 0 Å². The van der Waals surface area contributed by atoms with Gasteiger partial charge in [-0.05, 0) is 18.8 Å². The number of hydrogen-bond donors (Lipinski definition) is 0. The van der Waals surface area contributed by atoms with Crippen LogP contribution >= 0.6 is 0 Å². The Bertz CT molecular complexity index is 226. The molecule has 0 radical (unpaired) electrons. The van der Waals surface area contributed by atoms with Crippen molar-refractivity contribution in [1.82, 2.24) is 0 Å². The number of nitrogens with zero attached hydrogens (tertiary/aromatic N) is 1. The van der Waals surface area contributed by atoms with Crippen LogP contribution in [0.15, 0.2) is 12.2 Å². The average Bonchev–Trinajstić information content (AvgIpc) is 2.10. The van der Waals surface area contributed by atoms with E-state index in [4.69, 9.17) is 10.00 Å². The summed E-state index contributed by atoms with van der Waals surface area (Å²) < 4.78 is 4.78. The third-order valence-electron chi connectivity index (χ3n) is 1.54. The van der Waals surface area contributed by atoms with E-state index in [-0.39, 0.29) is 5.57 Å². The predicted octanol–water partition coefficient (Wildman–Crippen LogP) is 2.05. The van der Waals surface area contributed by atoms with E-state index in [1.54, 1.807) is 6.07 Å². The number of esters is 1. The number of hydrogen-bond acceptors (Lipinski definition) is 3. The average molecular weight is 181 g/mol. The molecule has 0 atom stereocenters. The summed E-state index contributed by atoms with van der Waals surface area (Å²) in [4.78, 5) is 10.9. The molecule has 72 valence electrons. The van der Waals surface area contributed by atoms with Gasteiger partial charge >= 0.3 is 5.97 Å². The third kappa shape index (κ3) is 5.92. The minimum Gasteiger partial charge on any atom is -0.462 e. The standard InChI is InChI=1S/C10H15NO2/c1-8(2)5-4-6-13-10(12)9(3)7-11/h8H,3-6H2,1-2H3. The topological polar surface area (TPSA) is 50.1 Å². The van der Waals surface area contributed by atoms with Crippen LogP contribution in [0.5, 0.6) is 0 Å². The van der Waals surface area contributed by atoms with Crippen LogP contribution in [-0.2, 0) is 9.53 Å². The fourth-order valence-electron chi connectivity index (χ4n) is 0.789. The minimum atomic E-state index is -0.605. The van der Waals surface area contributed by atoms with E-state index in [0.717, 1.165) is 12.8 Å². The Kier molecular flexibility index (Phi) is 5.62. The van der Waals surface area contributed by atoms with Gasteiger partial charge in [0.1, 0.15) is 11.6 Å². The Morgan fingerprint density at radius 1 is 1.62 bits per heavy atom. The zero-order chi connectivity index (χ0) is 10.3. The van der Waals surface area contributed by atoms with Crippen molar-refractivity contribution in [2.24, 2.45) is 5.92 Å². The molecule has 0 saturated heterocycles. The van der Waals surface area contributed by atoms with Crippen LogP contribution in [0.3, 0.4) is 0 Å². The molecule has 3 heteroatoms. The van der Waals surface area contributed by atoms with Crippen LogP contribution in [0.25, 0.3) is 0 Å². The lowest BCUT2D eigenvalue weighted by molar-refractivity contribution is -0.138. The molecule has 3 nitrogen and oxygen atoms in total. The first-order valence-corrected chi connectivity index (χ1v) is 4.34. The molecule has 0 aromatic heterocycles. The van der Waals surface area contributed by atoms with Gasteiger partial charge in [0, 0.05) is 0 Å². The molecule has 0 rings (SSSR count). The third-order valence-corrected chi connectivity index (χ3v) is 1.54. The second-order valence-electron chi connectivity index (χ2n) is 3.26. The molecule has 0 saturated carbocycles. The zero-order valence-corrected chi connectivity index (χ0v) is 8.17. The van der Waals surface area contributed by atoms with Gasteiger partial charge in [-0.25, -0.2) is 4.79 Å². The Morgan fingerprint density at radius 3 is 2.69 bits per heavy atom. The van der Waals surface area contributed by atoms with Gasteiger partial charge in [-0.15, -0.1) is 0 Å². The highest BCUT2D eigenvalue weighted by Gasteiger charge is 2.06. The normalized spacial score (nSPS) is 9.38. The van der Waals surface area contributed by atoms with Crippen LogP contribution in [-0.4, -0.2) is 12.6 Å². The second kappa shape index (κ2) is 6.24. The molecule has 0 N–H and O–H groups in total. The Hall–Kier alpha value is -1.30.